The van der Waals surface area contributed by atoms with Crippen LogP contribution in [0.3, 0.4) is 0 Å². The van der Waals surface area contributed by atoms with Crippen LogP contribution in [0.15, 0.2) is 0 Å². The molecule has 0 aliphatic rings. The molecule has 4 heteroatoms. The second kappa shape index (κ2) is 11.5. The summed E-state index contributed by atoms with van der Waals surface area (Å²) in [4.78, 5) is 10.2. The van der Waals surface area contributed by atoms with Crippen LogP contribution in [0.4, 0.5) is 0 Å². The molecule has 0 spiro atoms. The van der Waals surface area contributed by atoms with Crippen LogP contribution in [0.2, 0.25) is 0 Å². The Labute approximate surface area is 108 Å². The van der Waals surface area contributed by atoms with Gasteiger partial charge in [0.15, 0.2) is 0 Å². The van der Waals surface area contributed by atoms with Crippen LogP contribution < -0.4 is 34.7 Å². The van der Waals surface area contributed by atoms with E-state index in [1.807, 2.05) is 0 Å². The largest absolute Gasteiger partial charge is 1.00 e. The van der Waals surface area contributed by atoms with Crippen molar-refractivity contribution in [3.8, 4) is 0 Å². The van der Waals surface area contributed by atoms with Crippen molar-refractivity contribution in [3.05, 3.63) is 0 Å². The van der Waals surface area contributed by atoms with E-state index in [1.54, 1.807) is 0 Å². The molecule has 0 aliphatic heterocycles. The summed E-state index contributed by atoms with van der Waals surface area (Å²) in [6, 6.07) is 0. The summed E-state index contributed by atoms with van der Waals surface area (Å²) in [6.45, 7) is 2.26. The summed E-state index contributed by atoms with van der Waals surface area (Å²) in [7, 11) is 0. The average Bonchev–Trinajstić information content (AvgIpc) is 2.09. The van der Waals surface area contributed by atoms with Gasteiger partial charge in [-0.25, -0.2) is 0 Å². The van der Waals surface area contributed by atoms with Gasteiger partial charge in [-0.3, -0.25) is 0 Å². The second-order valence-corrected chi connectivity index (χ2v) is 3.43. The summed E-state index contributed by atoms with van der Waals surface area (Å²) < 4.78 is 0. The summed E-state index contributed by atoms with van der Waals surface area (Å²) in [5, 5.41) is 18.9. The smallest absolute Gasteiger partial charge is 0.550 e. The fourth-order valence-electron chi connectivity index (χ4n) is 1.43. The van der Waals surface area contributed by atoms with Crippen LogP contribution in [0.25, 0.3) is 0 Å². The molecule has 0 rings (SSSR count). The van der Waals surface area contributed by atoms with Gasteiger partial charge in [0.05, 0.1) is 0 Å². The molecular weight excluding hydrogens is 191 g/mol. The van der Waals surface area contributed by atoms with Crippen molar-refractivity contribution in [1.82, 2.24) is 0 Å². The number of aliphatic carboxylic acids is 1. The topological polar surface area (TPSA) is 60.4 Å². The third-order valence-corrected chi connectivity index (χ3v) is 2.26. The molecule has 0 aromatic carbocycles. The van der Waals surface area contributed by atoms with E-state index in [1.165, 1.54) is 0 Å². The van der Waals surface area contributed by atoms with E-state index < -0.39 is 5.97 Å². The normalized spacial score (nSPS) is 11.9. The molecule has 0 saturated heterocycles. The summed E-state index contributed by atoms with van der Waals surface area (Å²) in [6.07, 6.45) is 4.72. The maximum atomic E-state index is 10.2. The molecule has 0 heterocycles. The molecule has 1 atom stereocenters. The van der Waals surface area contributed by atoms with Crippen LogP contribution in [-0.2, 0) is 4.79 Å². The monoisotopic (exact) mass is 210 g/mol. The first-order valence-electron chi connectivity index (χ1n) is 5.01. The van der Waals surface area contributed by atoms with E-state index in [0.29, 0.717) is 18.8 Å². The van der Waals surface area contributed by atoms with E-state index in [2.05, 4.69) is 6.92 Å². The van der Waals surface area contributed by atoms with E-state index >= 15 is 0 Å². The molecule has 0 bridgehead atoms. The molecule has 0 fully saturated rings. The fraction of sp³-hybridized carbons (Fsp3) is 0.900. The van der Waals surface area contributed by atoms with E-state index in [0.717, 1.165) is 19.3 Å². The number of carboxylic acid groups (broad SMARTS) is 1. The SMILES string of the molecule is CCCCC(CCO)CCC(=O)[O-].[Na+]. The summed E-state index contributed by atoms with van der Waals surface area (Å²) >= 11 is 0. The molecule has 0 aromatic heterocycles. The van der Waals surface area contributed by atoms with Gasteiger partial charge in [-0.05, 0) is 25.2 Å². The third-order valence-electron chi connectivity index (χ3n) is 2.26. The molecule has 1 unspecified atom stereocenters. The molecule has 3 nitrogen and oxygen atoms in total. The molecular formula is C10H19NaO3. The first kappa shape index (κ1) is 16.8. The molecule has 0 radical (unpaired) electrons. The van der Waals surface area contributed by atoms with Crippen molar-refractivity contribution in [2.75, 3.05) is 6.61 Å². The van der Waals surface area contributed by atoms with E-state index in [9.17, 15) is 9.90 Å². The summed E-state index contributed by atoms with van der Waals surface area (Å²) in [5.41, 5.74) is 0. The molecule has 14 heavy (non-hydrogen) atoms. The standard InChI is InChI=1S/C10H20O3.Na/c1-2-3-4-9(7-8-11)5-6-10(12)13;/h9,11H,2-8H2,1H3,(H,12,13);/q;+1/p-1. The van der Waals surface area contributed by atoms with Crippen molar-refractivity contribution in [3.63, 3.8) is 0 Å². The minimum atomic E-state index is -0.987. The predicted molar refractivity (Wildman–Crippen MR) is 49.0 cm³/mol. The number of carboxylic acids is 1. The van der Waals surface area contributed by atoms with Gasteiger partial charge in [0.2, 0.25) is 0 Å². The number of unbranched alkanes of at least 4 members (excludes halogenated alkanes) is 1. The predicted octanol–water partition coefficient (Wildman–Crippen LogP) is -2.29. The van der Waals surface area contributed by atoms with Gasteiger partial charge < -0.3 is 15.0 Å². The zero-order chi connectivity index (χ0) is 10.1. The Balaban J connectivity index is 0. The molecule has 78 valence electrons. The average molecular weight is 210 g/mol. The maximum absolute atomic E-state index is 10.2. The maximum Gasteiger partial charge on any atom is 1.00 e. The van der Waals surface area contributed by atoms with Gasteiger partial charge in [-0.15, -0.1) is 0 Å². The van der Waals surface area contributed by atoms with Gasteiger partial charge in [0.1, 0.15) is 0 Å². The third kappa shape index (κ3) is 10.5. The Morgan fingerprint density at radius 1 is 1.36 bits per heavy atom. The zero-order valence-corrected chi connectivity index (χ0v) is 11.3. The Bertz CT molecular complexity index is 139. The zero-order valence-electron chi connectivity index (χ0n) is 9.29. The molecule has 0 aromatic rings. The Morgan fingerprint density at radius 3 is 2.43 bits per heavy atom. The number of aliphatic hydroxyl groups is 1. The Morgan fingerprint density at radius 2 is 2.00 bits per heavy atom. The molecule has 1 N–H and O–H groups in total. The Hall–Kier alpha value is 0.430. The minimum absolute atomic E-state index is 0. The van der Waals surface area contributed by atoms with Gasteiger partial charge in [0, 0.05) is 12.6 Å². The van der Waals surface area contributed by atoms with Crippen molar-refractivity contribution >= 4 is 5.97 Å². The minimum Gasteiger partial charge on any atom is -0.550 e. The van der Waals surface area contributed by atoms with Gasteiger partial charge in [0.25, 0.3) is 0 Å². The van der Waals surface area contributed by atoms with Crippen molar-refractivity contribution in [1.29, 1.82) is 0 Å². The fourth-order valence-corrected chi connectivity index (χ4v) is 1.43. The van der Waals surface area contributed by atoms with E-state index in [-0.39, 0.29) is 42.6 Å². The first-order valence-corrected chi connectivity index (χ1v) is 5.01. The molecule has 0 aliphatic carbocycles. The Kier molecular flexibility index (Phi) is 13.8. The molecule has 0 saturated carbocycles. The number of aliphatic hydroxyl groups excluding tert-OH is 1. The van der Waals surface area contributed by atoms with Crippen molar-refractivity contribution in [2.24, 2.45) is 5.92 Å². The van der Waals surface area contributed by atoms with E-state index in [4.69, 9.17) is 5.11 Å². The van der Waals surface area contributed by atoms with Crippen LogP contribution in [-0.4, -0.2) is 17.7 Å². The summed E-state index contributed by atoms with van der Waals surface area (Å²) in [5.74, 6) is -0.637. The number of hydrogen-bond acceptors (Lipinski definition) is 3. The van der Waals surface area contributed by atoms with Gasteiger partial charge in [-0.1, -0.05) is 26.2 Å². The van der Waals surface area contributed by atoms with Crippen LogP contribution >= 0.6 is 0 Å². The van der Waals surface area contributed by atoms with Crippen LogP contribution in [0, 0.1) is 5.92 Å². The first-order chi connectivity index (χ1) is 6.20. The van der Waals surface area contributed by atoms with Crippen molar-refractivity contribution < 1.29 is 44.6 Å². The number of hydrogen-bond donors (Lipinski definition) is 1. The van der Waals surface area contributed by atoms with Gasteiger partial charge >= 0.3 is 29.6 Å². The number of carbonyl (C=O) groups excluding carboxylic acids is 1. The van der Waals surface area contributed by atoms with Crippen molar-refractivity contribution in [2.45, 2.75) is 45.4 Å². The quantitative estimate of drug-likeness (QED) is 0.459. The number of carbonyl (C=O) groups is 1. The second-order valence-electron chi connectivity index (χ2n) is 3.43. The van der Waals surface area contributed by atoms with Crippen LogP contribution in [0.5, 0.6) is 0 Å². The molecule has 0 amide bonds. The number of rotatable bonds is 8. The van der Waals surface area contributed by atoms with Crippen LogP contribution in [0.1, 0.15) is 45.4 Å². The van der Waals surface area contributed by atoms with Gasteiger partial charge in [-0.2, -0.15) is 0 Å².